The second-order valence-corrected chi connectivity index (χ2v) is 10.4. The molecule has 29 heavy (non-hydrogen) atoms. The van der Waals surface area contributed by atoms with E-state index in [0.29, 0.717) is 5.54 Å². The van der Waals surface area contributed by atoms with Crippen LogP contribution in [0.5, 0.6) is 0 Å². The molecule has 2 aromatic carbocycles. The molecule has 1 N–H and O–H groups in total. The summed E-state index contributed by atoms with van der Waals surface area (Å²) in [7, 11) is 0. The Kier molecular flexibility index (Phi) is 4.28. The maximum Gasteiger partial charge on any atom is 0.0486 e. The van der Waals surface area contributed by atoms with Crippen molar-refractivity contribution >= 4 is 22.5 Å². The van der Waals surface area contributed by atoms with Crippen LogP contribution in [0.25, 0.3) is 10.9 Å². The van der Waals surface area contributed by atoms with E-state index in [4.69, 9.17) is 11.6 Å². The van der Waals surface area contributed by atoms with Gasteiger partial charge in [-0.15, -0.1) is 0 Å². The van der Waals surface area contributed by atoms with Crippen molar-refractivity contribution in [1.29, 1.82) is 0 Å². The summed E-state index contributed by atoms with van der Waals surface area (Å²) in [5, 5.41) is 6.28. The van der Waals surface area contributed by atoms with Gasteiger partial charge in [0.2, 0.25) is 0 Å². The highest BCUT2D eigenvalue weighted by Gasteiger charge is 2.50. The van der Waals surface area contributed by atoms with Gasteiger partial charge in [0.05, 0.1) is 0 Å². The largest absolute Gasteiger partial charge is 0.343 e. The zero-order chi connectivity index (χ0) is 19.4. The molecule has 2 nitrogen and oxygen atoms in total. The van der Waals surface area contributed by atoms with E-state index in [1.165, 1.54) is 60.6 Å². The molecule has 3 heteroatoms. The molecule has 0 amide bonds. The van der Waals surface area contributed by atoms with Gasteiger partial charge in [0.25, 0.3) is 0 Å². The third-order valence-corrected chi connectivity index (χ3v) is 8.08. The number of aromatic nitrogens is 1. The van der Waals surface area contributed by atoms with Crippen LogP contribution in [0.4, 0.5) is 0 Å². The van der Waals surface area contributed by atoms with Crippen LogP contribution in [0.3, 0.4) is 0 Å². The SMILES string of the molecule is Clc1ccc(Cn2cc(CNC34CC5CC(CC(C5)C3)C4)c3ccccc32)cc1. The Morgan fingerprint density at radius 3 is 2.24 bits per heavy atom. The summed E-state index contributed by atoms with van der Waals surface area (Å²) in [4.78, 5) is 0. The second-order valence-electron chi connectivity index (χ2n) is 9.98. The Hall–Kier alpha value is -1.77. The standard InChI is InChI=1S/C26H29ClN2/c27-23-7-5-18(6-8-23)16-29-17-22(24-3-1-2-4-25(24)29)15-28-26-12-19-9-20(13-26)11-21(10-19)14-26/h1-8,17,19-21,28H,9-16H2. The highest BCUT2D eigenvalue weighted by Crippen LogP contribution is 2.55. The molecule has 0 saturated heterocycles. The van der Waals surface area contributed by atoms with Crippen molar-refractivity contribution in [3.05, 3.63) is 70.9 Å². The van der Waals surface area contributed by atoms with Gasteiger partial charge in [-0.25, -0.2) is 0 Å². The van der Waals surface area contributed by atoms with E-state index in [0.717, 1.165) is 35.9 Å². The summed E-state index contributed by atoms with van der Waals surface area (Å²) < 4.78 is 2.40. The number of rotatable bonds is 5. The van der Waals surface area contributed by atoms with Crippen LogP contribution in [0, 0.1) is 17.8 Å². The molecule has 4 aliphatic rings. The van der Waals surface area contributed by atoms with Crippen molar-refractivity contribution in [2.45, 2.75) is 57.2 Å². The molecule has 4 aliphatic carbocycles. The number of para-hydroxylation sites is 1. The zero-order valence-corrected chi connectivity index (χ0v) is 17.7. The predicted molar refractivity (Wildman–Crippen MR) is 120 cm³/mol. The number of benzene rings is 2. The van der Waals surface area contributed by atoms with Gasteiger partial charge in [-0.2, -0.15) is 0 Å². The van der Waals surface area contributed by atoms with Gasteiger partial charge in [-0.1, -0.05) is 41.9 Å². The quantitative estimate of drug-likeness (QED) is 0.520. The summed E-state index contributed by atoms with van der Waals surface area (Å²) in [6.07, 6.45) is 11.1. The van der Waals surface area contributed by atoms with E-state index in [1.807, 2.05) is 12.1 Å². The maximum absolute atomic E-state index is 6.07. The molecular formula is C26H29ClN2. The van der Waals surface area contributed by atoms with Crippen LogP contribution in [-0.4, -0.2) is 10.1 Å². The van der Waals surface area contributed by atoms with Crippen LogP contribution in [-0.2, 0) is 13.1 Å². The molecule has 1 aromatic heterocycles. The van der Waals surface area contributed by atoms with E-state index in [2.05, 4.69) is 52.5 Å². The normalized spacial score (nSPS) is 30.3. The minimum absolute atomic E-state index is 0.411. The summed E-state index contributed by atoms with van der Waals surface area (Å²) >= 11 is 6.07. The monoisotopic (exact) mass is 404 g/mol. The molecule has 7 rings (SSSR count). The molecule has 0 aliphatic heterocycles. The Morgan fingerprint density at radius 1 is 0.897 bits per heavy atom. The predicted octanol–water partition coefficient (Wildman–Crippen LogP) is 6.40. The molecule has 0 atom stereocenters. The molecule has 0 spiro atoms. The highest BCUT2D eigenvalue weighted by atomic mass is 35.5. The fourth-order valence-electron chi connectivity index (χ4n) is 6.99. The summed E-state index contributed by atoms with van der Waals surface area (Å²) in [6, 6.07) is 17.1. The Morgan fingerprint density at radius 2 is 1.55 bits per heavy atom. The molecule has 4 saturated carbocycles. The number of fused-ring (bicyclic) bond motifs is 1. The van der Waals surface area contributed by atoms with Crippen LogP contribution in [0.2, 0.25) is 5.02 Å². The maximum atomic E-state index is 6.07. The van der Waals surface area contributed by atoms with E-state index >= 15 is 0 Å². The molecule has 0 radical (unpaired) electrons. The fraction of sp³-hybridized carbons (Fsp3) is 0.462. The first-order valence-corrected chi connectivity index (χ1v) is 11.6. The first-order chi connectivity index (χ1) is 14.2. The lowest BCUT2D eigenvalue weighted by Gasteiger charge is -2.57. The summed E-state index contributed by atoms with van der Waals surface area (Å²) in [6.45, 7) is 1.87. The van der Waals surface area contributed by atoms with Gasteiger partial charge in [-0.3, -0.25) is 0 Å². The summed E-state index contributed by atoms with van der Waals surface area (Å²) in [5.74, 6) is 2.96. The molecule has 1 heterocycles. The third kappa shape index (κ3) is 3.31. The van der Waals surface area contributed by atoms with Crippen LogP contribution in [0.15, 0.2) is 54.7 Å². The van der Waals surface area contributed by atoms with Crippen molar-refractivity contribution < 1.29 is 0 Å². The van der Waals surface area contributed by atoms with Crippen molar-refractivity contribution in [2.75, 3.05) is 0 Å². The second kappa shape index (κ2) is 6.89. The number of hydrogen-bond acceptors (Lipinski definition) is 1. The Bertz CT molecular complexity index is 997. The third-order valence-electron chi connectivity index (χ3n) is 7.83. The van der Waals surface area contributed by atoms with Gasteiger partial charge >= 0.3 is 0 Å². The molecule has 4 bridgehead atoms. The van der Waals surface area contributed by atoms with Crippen molar-refractivity contribution in [3.8, 4) is 0 Å². The topological polar surface area (TPSA) is 17.0 Å². The number of nitrogens with zero attached hydrogens (tertiary/aromatic N) is 1. The lowest BCUT2D eigenvalue weighted by atomic mass is 9.53. The van der Waals surface area contributed by atoms with Gasteiger partial charge in [-0.05, 0) is 85.6 Å². The van der Waals surface area contributed by atoms with Crippen LogP contribution in [0.1, 0.15) is 49.7 Å². The van der Waals surface area contributed by atoms with Crippen molar-refractivity contribution in [1.82, 2.24) is 9.88 Å². The van der Waals surface area contributed by atoms with Crippen molar-refractivity contribution in [3.63, 3.8) is 0 Å². The Labute approximate surface area is 178 Å². The van der Waals surface area contributed by atoms with Gasteiger partial charge in [0.1, 0.15) is 0 Å². The van der Waals surface area contributed by atoms with Gasteiger partial charge in [0, 0.05) is 40.8 Å². The smallest absolute Gasteiger partial charge is 0.0486 e. The summed E-state index contributed by atoms with van der Waals surface area (Å²) in [5.41, 5.74) is 4.46. The van der Waals surface area contributed by atoms with Gasteiger partial charge in [0.15, 0.2) is 0 Å². The minimum Gasteiger partial charge on any atom is -0.343 e. The highest BCUT2D eigenvalue weighted by molar-refractivity contribution is 6.30. The van der Waals surface area contributed by atoms with Crippen LogP contribution < -0.4 is 5.32 Å². The molecular weight excluding hydrogens is 376 g/mol. The number of hydrogen-bond donors (Lipinski definition) is 1. The van der Waals surface area contributed by atoms with E-state index in [-0.39, 0.29) is 0 Å². The van der Waals surface area contributed by atoms with Crippen molar-refractivity contribution in [2.24, 2.45) is 17.8 Å². The zero-order valence-electron chi connectivity index (χ0n) is 16.9. The van der Waals surface area contributed by atoms with Crippen LogP contribution >= 0.6 is 11.6 Å². The molecule has 0 unspecified atom stereocenters. The van der Waals surface area contributed by atoms with E-state index in [9.17, 15) is 0 Å². The Balaban J connectivity index is 1.26. The minimum atomic E-state index is 0.411. The first kappa shape index (κ1) is 18.0. The lowest BCUT2D eigenvalue weighted by molar-refractivity contribution is -0.0205. The molecule has 4 fully saturated rings. The average Bonchev–Trinajstić information content (AvgIpc) is 3.05. The fourth-order valence-corrected chi connectivity index (χ4v) is 7.12. The number of halogens is 1. The molecule has 3 aromatic rings. The first-order valence-electron chi connectivity index (χ1n) is 11.2. The van der Waals surface area contributed by atoms with E-state index < -0.39 is 0 Å². The average molecular weight is 405 g/mol. The number of nitrogens with one attached hydrogen (secondary N) is 1. The lowest BCUT2D eigenvalue weighted by Crippen LogP contribution is -2.58. The van der Waals surface area contributed by atoms with Gasteiger partial charge < -0.3 is 9.88 Å². The van der Waals surface area contributed by atoms with E-state index in [1.54, 1.807) is 0 Å². The molecule has 150 valence electrons.